The number of aromatic nitrogens is 1. The van der Waals surface area contributed by atoms with Crippen molar-refractivity contribution in [1.82, 2.24) is 9.88 Å². The van der Waals surface area contributed by atoms with Crippen LogP contribution in [0.5, 0.6) is 0 Å². The van der Waals surface area contributed by atoms with E-state index in [9.17, 15) is 9.59 Å². The maximum atomic E-state index is 12.6. The van der Waals surface area contributed by atoms with E-state index >= 15 is 0 Å². The second-order valence-corrected chi connectivity index (χ2v) is 8.07. The van der Waals surface area contributed by atoms with Crippen molar-refractivity contribution in [2.24, 2.45) is 4.99 Å². The maximum Gasteiger partial charge on any atom is 0.242 e. The van der Waals surface area contributed by atoms with Crippen molar-refractivity contribution in [2.75, 3.05) is 11.9 Å². The Morgan fingerprint density at radius 1 is 1.31 bits per heavy atom. The molecule has 2 heterocycles. The van der Waals surface area contributed by atoms with Gasteiger partial charge in [0.15, 0.2) is 5.17 Å². The third-order valence-corrected chi connectivity index (χ3v) is 5.66. The molecule has 0 saturated carbocycles. The lowest BCUT2D eigenvalue weighted by Crippen LogP contribution is -2.33. The van der Waals surface area contributed by atoms with Crippen LogP contribution in [0.15, 0.2) is 34.8 Å². The van der Waals surface area contributed by atoms with Crippen molar-refractivity contribution in [2.45, 2.75) is 32.4 Å². The van der Waals surface area contributed by atoms with Crippen LogP contribution < -0.4 is 5.32 Å². The van der Waals surface area contributed by atoms with Crippen LogP contribution in [0, 0.1) is 13.8 Å². The highest BCUT2D eigenvalue weighted by atomic mass is 32.2. The van der Waals surface area contributed by atoms with Crippen molar-refractivity contribution >= 4 is 50.9 Å². The molecule has 1 N–H and O–H groups in total. The number of hydrogen-bond donors (Lipinski definition) is 1. The molecule has 2 aromatic rings. The van der Waals surface area contributed by atoms with Gasteiger partial charge in [0, 0.05) is 30.2 Å². The molecule has 6 nitrogen and oxygen atoms in total. The number of nitrogens with one attached hydrogen (secondary N) is 1. The van der Waals surface area contributed by atoms with Gasteiger partial charge in [-0.1, -0.05) is 17.8 Å². The summed E-state index contributed by atoms with van der Waals surface area (Å²) in [6.07, 6.45) is 1.79. The van der Waals surface area contributed by atoms with Crippen molar-refractivity contribution in [1.29, 1.82) is 0 Å². The second-order valence-electron chi connectivity index (χ2n) is 6.03. The number of rotatable bonds is 5. The third kappa shape index (κ3) is 4.31. The predicted octanol–water partition coefficient (Wildman–Crippen LogP) is 3.74. The van der Waals surface area contributed by atoms with Crippen LogP contribution in [0.4, 0.5) is 10.8 Å². The van der Waals surface area contributed by atoms with Gasteiger partial charge in [-0.15, -0.1) is 11.3 Å². The normalized spacial score (nSPS) is 18.6. The first kappa shape index (κ1) is 18.6. The number of benzene rings is 1. The highest BCUT2D eigenvalue weighted by molar-refractivity contribution is 8.15. The third-order valence-electron chi connectivity index (χ3n) is 3.82. The van der Waals surface area contributed by atoms with E-state index in [0.29, 0.717) is 16.8 Å². The summed E-state index contributed by atoms with van der Waals surface area (Å²) in [7, 11) is 0. The first-order valence-electron chi connectivity index (χ1n) is 8.30. The summed E-state index contributed by atoms with van der Waals surface area (Å²) in [6.45, 7) is 6.39. The molecule has 1 aliphatic heterocycles. The molecule has 0 aliphatic carbocycles. The van der Waals surface area contributed by atoms with Gasteiger partial charge in [-0.3, -0.25) is 14.5 Å². The molecule has 1 unspecified atom stereocenters. The lowest BCUT2D eigenvalue weighted by atomic mass is 10.1. The second kappa shape index (κ2) is 8.01. The van der Waals surface area contributed by atoms with Gasteiger partial charge in [-0.25, -0.2) is 4.98 Å². The molecule has 0 bridgehead atoms. The minimum absolute atomic E-state index is 0.0802. The summed E-state index contributed by atoms with van der Waals surface area (Å²) >= 11 is 2.74. The summed E-state index contributed by atoms with van der Waals surface area (Å²) < 4.78 is 0. The molecule has 8 heteroatoms. The zero-order valence-electron chi connectivity index (χ0n) is 14.9. The van der Waals surface area contributed by atoms with Crippen LogP contribution in [0.3, 0.4) is 0 Å². The molecule has 1 saturated heterocycles. The molecule has 26 heavy (non-hydrogen) atoms. The smallest absolute Gasteiger partial charge is 0.242 e. The first-order chi connectivity index (χ1) is 12.5. The Hall–Kier alpha value is -2.19. The fourth-order valence-corrected chi connectivity index (χ4v) is 4.56. The topological polar surface area (TPSA) is 74.7 Å². The van der Waals surface area contributed by atoms with Gasteiger partial charge in [-0.2, -0.15) is 4.99 Å². The molecule has 1 aromatic carbocycles. The van der Waals surface area contributed by atoms with Crippen molar-refractivity contribution in [3.05, 3.63) is 40.9 Å². The number of carbonyl (C=O) groups is 2. The molecule has 1 aromatic heterocycles. The van der Waals surface area contributed by atoms with Crippen molar-refractivity contribution in [3.63, 3.8) is 0 Å². The van der Waals surface area contributed by atoms with E-state index in [1.54, 1.807) is 11.1 Å². The number of nitrogens with zero attached hydrogens (tertiary/aromatic N) is 3. The number of carbonyl (C=O) groups excluding carboxylic acids is 2. The Labute approximate surface area is 160 Å². The quantitative estimate of drug-likeness (QED) is 0.847. The largest absolute Gasteiger partial charge is 0.326 e. The highest BCUT2D eigenvalue weighted by Crippen LogP contribution is 2.32. The van der Waals surface area contributed by atoms with Crippen molar-refractivity contribution < 1.29 is 9.59 Å². The Bertz CT molecular complexity index is 829. The van der Waals surface area contributed by atoms with Gasteiger partial charge >= 0.3 is 0 Å². The number of amidine groups is 1. The number of hydrogen-bond acceptors (Lipinski definition) is 6. The highest BCUT2D eigenvalue weighted by Gasteiger charge is 2.38. The lowest BCUT2D eigenvalue weighted by Gasteiger charge is -2.13. The van der Waals surface area contributed by atoms with Crippen LogP contribution in [0.25, 0.3) is 0 Å². The number of thiazole rings is 1. The SMILES string of the molecule is CCN1C(=O)C(CC(=O)Nc2cc(C)cc(C)c2)S/C1=N/c1nccs1. The molecule has 1 fully saturated rings. The van der Waals surface area contributed by atoms with E-state index in [-0.39, 0.29) is 18.2 Å². The Balaban J connectivity index is 1.69. The lowest BCUT2D eigenvalue weighted by molar-refractivity contribution is -0.128. The Kier molecular flexibility index (Phi) is 5.73. The van der Waals surface area contributed by atoms with Gasteiger partial charge in [0.1, 0.15) is 5.25 Å². The zero-order valence-corrected chi connectivity index (χ0v) is 16.5. The minimum atomic E-state index is -0.459. The van der Waals surface area contributed by atoms with E-state index in [2.05, 4.69) is 15.3 Å². The average Bonchev–Trinajstić information content (AvgIpc) is 3.15. The molecule has 0 spiro atoms. The zero-order chi connectivity index (χ0) is 18.7. The molecular weight excluding hydrogens is 368 g/mol. The van der Waals surface area contributed by atoms with Crippen molar-refractivity contribution in [3.8, 4) is 0 Å². The molecular formula is C18H20N4O2S2. The van der Waals surface area contributed by atoms with E-state index in [1.807, 2.05) is 44.4 Å². The molecule has 1 aliphatic rings. The van der Waals surface area contributed by atoms with Crippen LogP contribution >= 0.6 is 23.1 Å². The minimum Gasteiger partial charge on any atom is -0.326 e. The van der Waals surface area contributed by atoms with E-state index in [0.717, 1.165) is 16.8 Å². The number of aryl methyl sites for hydroxylation is 2. The van der Waals surface area contributed by atoms with Gasteiger partial charge in [-0.05, 0) is 44.0 Å². The van der Waals surface area contributed by atoms with E-state index < -0.39 is 5.25 Å². The van der Waals surface area contributed by atoms with Crippen LogP contribution in [-0.2, 0) is 9.59 Å². The van der Waals surface area contributed by atoms with Crippen LogP contribution in [-0.4, -0.2) is 38.7 Å². The van der Waals surface area contributed by atoms with Gasteiger partial charge < -0.3 is 5.32 Å². The molecule has 136 valence electrons. The fraction of sp³-hybridized carbons (Fsp3) is 0.333. The fourth-order valence-electron chi connectivity index (χ4n) is 2.80. The van der Waals surface area contributed by atoms with E-state index in [4.69, 9.17) is 0 Å². The molecule has 0 radical (unpaired) electrons. The standard InChI is InChI=1S/C18H20N4O2S2/c1-4-22-16(24)14(26-18(22)21-17-19-5-6-25-17)10-15(23)20-13-8-11(2)7-12(3)9-13/h5-9,14H,4,10H2,1-3H3,(H,20,23)/b21-18+. The molecule has 1 atom stereocenters. The van der Waals surface area contributed by atoms with Gasteiger partial charge in [0.05, 0.1) is 0 Å². The number of amides is 2. The van der Waals surface area contributed by atoms with Gasteiger partial charge in [0.2, 0.25) is 16.9 Å². The number of thioether (sulfide) groups is 1. The van der Waals surface area contributed by atoms with E-state index in [1.165, 1.54) is 23.1 Å². The van der Waals surface area contributed by atoms with Crippen LogP contribution in [0.1, 0.15) is 24.5 Å². The Morgan fingerprint density at radius 2 is 2.04 bits per heavy atom. The first-order valence-corrected chi connectivity index (χ1v) is 10.1. The van der Waals surface area contributed by atoms with Crippen LogP contribution in [0.2, 0.25) is 0 Å². The summed E-state index contributed by atoms with van der Waals surface area (Å²) in [5.74, 6) is -0.254. The summed E-state index contributed by atoms with van der Waals surface area (Å²) in [4.78, 5) is 35.2. The summed E-state index contributed by atoms with van der Waals surface area (Å²) in [5, 5.41) is 5.49. The summed E-state index contributed by atoms with van der Waals surface area (Å²) in [5.41, 5.74) is 2.93. The number of aliphatic imine (C=N–C) groups is 1. The van der Waals surface area contributed by atoms with Gasteiger partial charge in [0.25, 0.3) is 0 Å². The summed E-state index contributed by atoms with van der Waals surface area (Å²) in [6, 6.07) is 5.89. The molecule has 2 amide bonds. The Morgan fingerprint density at radius 3 is 2.65 bits per heavy atom. The average molecular weight is 389 g/mol. The maximum absolute atomic E-state index is 12.6. The predicted molar refractivity (Wildman–Crippen MR) is 107 cm³/mol. The molecule has 3 rings (SSSR count). The monoisotopic (exact) mass is 388 g/mol. The number of anilines is 1.